The molecule has 0 radical (unpaired) electrons. The summed E-state index contributed by atoms with van der Waals surface area (Å²) in [5, 5.41) is 0.948. The van der Waals surface area contributed by atoms with Gasteiger partial charge in [-0.15, -0.1) is 0 Å². The zero-order chi connectivity index (χ0) is 19.7. The largest absolute Gasteiger partial charge is 0.497 e. The van der Waals surface area contributed by atoms with E-state index in [4.69, 9.17) is 9.15 Å². The second-order valence-electron chi connectivity index (χ2n) is 6.26. The Labute approximate surface area is 175 Å². The maximum atomic E-state index is 11.6. The number of furan rings is 1. The van der Waals surface area contributed by atoms with E-state index >= 15 is 0 Å². The lowest BCUT2D eigenvalue weighted by Crippen LogP contribution is -1.88. The van der Waals surface area contributed by atoms with Crippen molar-refractivity contribution in [3.63, 3.8) is 0 Å². The lowest BCUT2D eigenvalue weighted by molar-refractivity contribution is 0.110. The highest BCUT2D eigenvalue weighted by Crippen LogP contribution is 2.42. The van der Waals surface area contributed by atoms with Crippen molar-refractivity contribution in [3.05, 3.63) is 77.9 Å². The predicted molar refractivity (Wildman–Crippen MR) is 117 cm³/mol. The maximum Gasteiger partial charge on any atom is 0.222 e. The van der Waals surface area contributed by atoms with E-state index in [0.29, 0.717) is 28.2 Å². The summed E-state index contributed by atoms with van der Waals surface area (Å²) in [4.78, 5) is 22.6. The number of benzene rings is 3. The van der Waals surface area contributed by atoms with Crippen LogP contribution >= 0.6 is 22.6 Å². The molecule has 1 aromatic heterocycles. The quantitative estimate of drug-likeness (QED) is 0.194. The van der Waals surface area contributed by atoms with Gasteiger partial charge in [0.2, 0.25) is 3.79 Å². The molecule has 0 aliphatic heterocycles. The molecule has 0 unspecified atom stereocenters. The van der Waals surface area contributed by atoms with E-state index in [0.717, 1.165) is 28.4 Å². The number of rotatable bonds is 5. The first-order valence-electron chi connectivity index (χ1n) is 8.57. The van der Waals surface area contributed by atoms with Crippen molar-refractivity contribution in [3.8, 4) is 28.2 Å². The van der Waals surface area contributed by atoms with E-state index in [1.54, 1.807) is 54.0 Å². The van der Waals surface area contributed by atoms with Gasteiger partial charge >= 0.3 is 0 Å². The summed E-state index contributed by atoms with van der Waals surface area (Å²) in [6, 6.07) is 20.4. The van der Waals surface area contributed by atoms with Gasteiger partial charge in [-0.25, -0.2) is 0 Å². The first kappa shape index (κ1) is 18.4. The fourth-order valence-corrected chi connectivity index (χ4v) is 3.53. The Kier molecular flexibility index (Phi) is 5.00. The van der Waals surface area contributed by atoms with Gasteiger partial charge in [-0.2, -0.15) is 0 Å². The van der Waals surface area contributed by atoms with Crippen molar-refractivity contribution in [2.75, 3.05) is 7.11 Å². The first-order valence-corrected chi connectivity index (χ1v) is 9.65. The monoisotopic (exact) mass is 482 g/mol. The zero-order valence-corrected chi connectivity index (χ0v) is 17.1. The van der Waals surface area contributed by atoms with E-state index in [1.807, 2.05) is 42.5 Å². The fraction of sp³-hybridized carbons (Fsp3) is 0.0435. The van der Waals surface area contributed by atoms with Crippen LogP contribution in [0.2, 0.25) is 0 Å². The Hall–Kier alpha value is -2.93. The molecule has 4 aromatic rings. The topological polar surface area (TPSA) is 56.5 Å². The highest BCUT2D eigenvalue weighted by atomic mass is 127. The molecule has 138 valence electrons. The average Bonchev–Trinajstić information content (AvgIpc) is 3.12. The van der Waals surface area contributed by atoms with Gasteiger partial charge in [-0.1, -0.05) is 36.4 Å². The Morgan fingerprint density at radius 1 is 0.964 bits per heavy atom. The van der Waals surface area contributed by atoms with Crippen LogP contribution in [-0.4, -0.2) is 17.2 Å². The van der Waals surface area contributed by atoms with Crippen molar-refractivity contribution >= 4 is 43.6 Å². The molecule has 0 bridgehead atoms. The summed E-state index contributed by atoms with van der Waals surface area (Å²) in [5.74, 6) is 1.41. The number of hydrogen-bond donors (Lipinski definition) is 0. The summed E-state index contributed by atoms with van der Waals surface area (Å²) < 4.78 is 11.5. The van der Waals surface area contributed by atoms with Crippen molar-refractivity contribution in [1.82, 2.24) is 0 Å². The minimum Gasteiger partial charge on any atom is -0.497 e. The Morgan fingerprint density at radius 2 is 1.64 bits per heavy atom. The summed E-state index contributed by atoms with van der Waals surface area (Å²) in [6.07, 6.45) is 0.822. The fourth-order valence-electron chi connectivity index (χ4n) is 3.17. The molecule has 0 saturated carbocycles. The highest BCUT2D eigenvalue weighted by Gasteiger charge is 2.18. The molecule has 4 rings (SSSR count). The van der Waals surface area contributed by atoms with Crippen LogP contribution < -0.4 is 4.74 Å². The van der Waals surface area contributed by atoms with Crippen LogP contribution in [0.15, 0.2) is 71.1 Å². The van der Waals surface area contributed by atoms with Crippen molar-refractivity contribution in [1.29, 1.82) is 0 Å². The minimum atomic E-state index is -0.0110. The van der Waals surface area contributed by atoms with E-state index < -0.39 is 0 Å². The second-order valence-corrected chi connectivity index (χ2v) is 7.24. The molecule has 0 N–H and O–H groups in total. The van der Waals surface area contributed by atoms with Crippen molar-refractivity contribution in [2.24, 2.45) is 0 Å². The van der Waals surface area contributed by atoms with E-state index in [1.165, 1.54) is 0 Å². The number of ether oxygens (including phenoxy) is 1. The molecular weight excluding hydrogens is 467 g/mol. The molecule has 28 heavy (non-hydrogen) atoms. The van der Waals surface area contributed by atoms with Gasteiger partial charge in [-0.05, 0) is 29.8 Å². The molecule has 5 heteroatoms. The molecule has 0 spiro atoms. The van der Waals surface area contributed by atoms with Crippen molar-refractivity contribution in [2.45, 2.75) is 0 Å². The molecule has 3 aromatic carbocycles. The molecule has 0 aliphatic carbocycles. The van der Waals surface area contributed by atoms with Gasteiger partial charge in [0.05, 0.1) is 7.11 Å². The second kappa shape index (κ2) is 7.59. The Morgan fingerprint density at radius 3 is 2.25 bits per heavy atom. The normalized spacial score (nSPS) is 10.8. The molecule has 0 aliphatic rings. The molecule has 0 amide bonds. The molecule has 0 saturated heterocycles. The number of hydrogen-bond acceptors (Lipinski definition) is 4. The van der Waals surface area contributed by atoms with E-state index in [-0.39, 0.29) is 3.79 Å². The van der Waals surface area contributed by atoms with Crippen LogP contribution in [0.3, 0.4) is 0 Å². The Bertz CT molecular complexity index is 1170. The summed E-state index contributed by atoms with van der Waals surface area (Å²) in [7, 11) is 1.61. The van der Waals surface area contributed by atoms with Crippen LogP contribution in [0.4, 0.5) is 0 Å². The Balaban J connectivity index is 1.95. The summed E-state index contributed by atoms with van der Waals surface area (Å²) in [6.45, 7) is 0. The smallest absolute Gasteiger partial charge is 0.222 e. The van der Waals surface area contributed by atoms with E-state index in [9.17, 15) is 9.59 Å². The zero-order valence-electron chi connectivity index (χ0n) is 14.9. The lowest BCUT2D eigenvalue weighted by Gasteiger charge is -2.05. The van der Waals surface area contributed by atoms with Crippen LogP contribution in [0.1, 0.15) is 20.7 Å². The number of fused-ring (bicyclic) bond motifs is 1. The predicted octanol–water partition coefficient (Wildman–Crippen LogP) is 6.16. The standard InChI is InChI=1S/C23H15IO4/c1-27-18-10-11-19-20(12-18)28-22(16-6-8-17(9-7-16)23(24)26)21(19)15-4-2-14(13-25)3-5-15/h2-13H,1H3. The number of methoxy groups -OCH3 is 1. The first-order chi connectivity index (χ1) is 13.6. The molecule has 0 fully saturated rings. The van der Waals surface area contributed by atoms with Gasteiger partial charge in [-0.3, -0.25) is 9.59 Å². The SMILES string of the molecule is COc1ccc2c(-c3ccc(C=O)cc3)c(-c3ccc(C(=O)I)cc3)oc2c1. The summed E-state index contributed by atoms with van der Waals surface area (Å²) >= 11 is 1.77. The van der Waals surface area contributed by atoms with Gasteiger partial charge in [0, 0.05) is 56.3 Å². The summed E-state index contributed by atoms with van der Waals surface area (Å²) in [5.41, 5.74) is 4.70. The number of halogens is 1. The average molecular weight is 482 g/mol. The van der Waals surface area contributed by atoms with Crippen LogP contribution in [0.25, 0.3) is 33.4 Å². The molecule has 1 heterocycles. The number of aldehydes is 1. The van der Waals surface area contributed by atoms with Gasteiger partial charge in [0.15, 0.2) is 0 Å². The van der Waals surface area contributed by atoms with E-state index in [2.05, 4.69) is 0 Å². The third kappa shape index (κ3) is 3.33. The highest BCUT2D eigenvalue weighted by molar-refractivity contribution is 14.1. The van der Waals surface area contributed by atoms with Gasteiger partial charge in [0.1, 0.15) is 23.4 Å². The minimum absolute atomic E-state index is 0.0110. The van der Waals surface area contributed by atoms with Crippen LogP contribution in [-0.2, 0) is 0 Å². The maximum absolute atomic E-state index is 11.6. The number of carbonyl (C=O) groups excluding carboxylic acids is 2. The van der Waals surface area contributed by atoms with Gasteiger partial charge < -0.3 is 9.15 Å². The molecule has 4 nitrogen and oxygen atoms in total. The van der Waals surface area contributed by atoms with Gasteiger partial charge in [0.25, 0.3) is 0 Å². The third-order valence-corrected chi connectivity index (χ3v) is 5.23. The number of carbonyl (C=O) groups is 2. The molecular formula is C23H15IO4. The lowest BCUT2D eigenvalue weighted by atomic mass is 9.97. The van der Waals surface area contributed by atoms with Crippen LogP contribution in [0.5, 0.6) is 5.75 Å². The van der Waals surface area contributed by atoms with Crippen LogP contribution in [0, 0.1) is 0 Å². The molecule has 0 atom stereocenters. The van der Waals surface area contributed by atoms with Crippen molar-refractivity contribution < 1.29 is 18.7 Å². The third-order valence-electron chi connectivity index (χ3n) is 4.61.